The molecule has 1 heteroatoms. The van der Waals surface area contributed by atoms with Crippen molar-refractivity contribution in [2.24, 2.45) is 62.6 Å². The molecule has 5 aliphatic rings. The van der Waals surface area contributed by atoms with E-state index in [1.165, 1.54) is 56.9 Å². The van der Waals surface area contributed by atoms with Crippen molar-refractivity contribution in [3.05, 3.63) is 41.5 Å². The molecule has 1 nitrogen and oxygen atoms in total. The van der Waals surface area contributed by atoms with Gasteiger partial charge in [-0.3, -0.25) is 4.79 Å². The van der Waals surface area contributed by atoms with Crippen molar-refractivity contribution >= 4 is 11.9 Å². The fraction of sp³-hybridized carbons (Fsp3) is 0.757. The van der Waals surface area contributed by atoms with Gasteiger partial charge >= 0.3 is 0 Å². The van der Waals surface area contributed by atoms with E-state index in [1.807, 2.05) is 0 Å². The third kappa shape index (κ3) is 3.44. The van der Waals surface area contributed by atoms with Gasteiger partial charge in [0.15, 0.2) is 5.78 Å². The molecule has 9 atom stereocenters. The molecule has 0 spiro atoms. The van der Waals surface area contributed by atoms with Crippen LogP contribution in [-0.4, -0.2) is 5.78 Å². The van der Waals surface area contributed by atoms with Crippen LogP contribution in [-0.2, 0) is 4.79 Å². The molecule has 0 amide bonds. The van der Waals surface area contributed by atoms with Gasteiger partial charge in [0.25, 0.3) is 0 Å². The molecular formula is C37H54O. The van der Waals surface area contributed by atoms with E-state index in [-0.39, 0.29) is 10.8 Å². The Kier molecular flexibility index (Phi) is 6.05. The van der Waals surface area contributed by atoms with Gasteiger partial charge in [-0.2, -0.15) is 0 Å². The molecule has 0 N–H and O–H groups in total. The highest BCUT2D eigenvalue weighted by molar-refractivity contribution is 6.04. The van der Waals surface area contributed by atoms with Gasteiger partial charge in [0.2, 0.25) is 0 Å². The summed E-state index contributed by atoms with van der Waals surface area (Å²) in [6.07, 6.45) is 14.3. The molecule has 0 saturated heterocycles. The van der Waals surface area contributed by atoms with Crippen molar-refractivity contribution in [2.75, 3.05) is 0 Å². The number of fused-ring (bicyclic) bond motifs is 7. The fourth-order valence-corrected chi connectivity index (χ4v) is 12.5. The molecule has 5 saturated carbocycles. The van der Waals surface area contributed by atoms with Gasteiger partial charge < -0.3 is 0 Å². The third-order valence-electron chi connectivity index (χ3n) is 14.5. The van der Waals surface area contributed by atoms with Crippen LogP contribution in [0.15, 0.2) is 35.9 Å². The smallest absolute Gasteiger partial charge is 0.164 e. The third-order valence-corrected chi connectivity index (χ3v) is 14.5. The predicted octanol–water partition coefficient (Wildman–Crippen LogP) is 10.0. The number of ketones is 1. The highest BCUT2D eigenvalue weighted by Gasteiger charge is 2.70. The molecule has 0 radical (unpaired) electrons. The lowest BCUT2D eigenvalue weighted by atomic mass is 9.32. The lowest BCUT2D eigenvalue weighted by molar-refractivity contribution is -0.230. The Morgan fingerprint density at radius 3 is 2.18 bits per heavy atom. The van der Waals surface area contributed by atoms with Crippen LogP contribution in [0.1, 0.15) is 119 Å². The summed E-state index contributed by atoms with van der Waals surface area (Å²) in [5.74, 6) is 5.08. The van der Waals surface area contributed by atoms with Gasteiger partial charge in [0, 0.05) is 5.41 Å². The largest absolute Gasteiger partial charge is 0.294 e. The van der Waals surface area contributed by atoms with E-state index in [0.717, 1.165) is 35.7 Å². The Morgan fingerprint density at radius 2 is 1.50 bits per heavy atom. The summed E-state index contributed by atoms with van der Waals surface area (Å²) in [4.78, 5) is 14.0. The van der Waals surface area contributed by atoms with E-state index in [0.29, 0.717) is 33.9 Å². The van der Waals surface area contributed by atoms with Crippen LogP contribution in [0, 0.1) is 62.6 Å². The number of carbonyl (C=O) groups excluding carboxylic acids is 1. The summed E-state index contributed by atoms with van der Waals surface area (Å²) in [7, 11) is 0. The topological polar surface area (TPSA) is 17.1 Å². The van der Waals surface area contributed by atoms with Gasteiger partial charge in [0.05, 0.1) is 0 Å². The van der Waals surface area contributed by atoms with Crippen LogP contribution in [0.3, 0.4) is 0 Å². The number of Topliss-reactive ketones (excluding diaryl/α,β-unsaturated/α-hetero) is 1. The van der Waals surface area contributed by atoms with E-state index >= 15 is 0 Å². The van der Waals surface area contributed by atoms with Crippen molar-refractivity contribution in [1.29, 1.82) is 0 Å². The first-order chi connectivity index (χ1) is 17.8. The molecule has 208 valence electrons. The van der Waals surface area contributed by atoms with Crippen LogP contribution in [0.5, 0.6) is 0 Å². The van der Waals surface area contributed by atoms with Crippen molar-refractivity contribution < 1.29 is 4.79 Å². The van der Waals surface area contributed by atoms with E-state index < -0.39 is 0 Å². The first kappa shape index (κ1) is 26.8. The number of benzene rings is 1. The second-order valence-electron chi connectivity index (χ2n) is 16.6. The molecule has 9 unspecified atom stereocenters. The molecule has 0 aromatic heterocycles. The molecule has 0 heterocycles. The van der Waals surface area contributed by atoms with Gasteiger partial charge in [-0.25, -0.2) is 0 Å². The summed E-state index contributed by atoms with van der Waals surface area (Å²) >= 11 is 0. The van der Waals surface area contributed by atoms with Crippen LogP contribution < -0.4 is 0 Å². The normalized spacial score (nSPS) is 48.8. The molecule has 6 rings (SSSR count). The van der Waals surface area contributed by atoms with Crippen molar-refractivity contribution in [1.82, 2.24) is 0 Å². The molecular weight excluding hydrogens is 460 g/mol. The molecule has 0 aliphatic heterocycles. The van der Waals surface area contributed by atoms with Gasteiger partial charge in [0.1, 0.15) is 0 Å². The number of hydrogen-bond acceptors (Lipinski definition) is 1. The molecule has 38 heavy (non-hydrogen) atoms. The Bertz CT molecular complexity index is 1130. The minimum absolute atomic E-state index is 0.187. The zero-order chi connectivity index (χ0) is 27.3. The number of allylic oxidation sites excluding steroid dienone is 1. The standard InChI is InChI=1S/C37H54O/c1-24(2)27-16-18-34(5)20-21-36(7)28(31(27)34)14-15-30-35(6)23-26(22-25-12-10-9-11-13-25)32(38)33(3,4)29(35)17-19-37(30,36)8/h9-13,22,24,27-31H,14-21,23H2,1-8H3. The van der Waals surface area contributed by atoms with Crippen LogP contribution >= 0.6 is 0 Å². The maximum absolute atomic E-state index is 14.0. The molecule has 5 fully saturated rings. The van der Waals surface area contributed by atoms with E-state index in [9.17, 15) is 4.79 Å². The molecule has 0 bridgehead atoms. The number of carbonyl (C=O) groups is 1. The summed E-state index contributed by atoms with van der Waals surface area (Å²) < 4.78 is 0. The Morgan fingerprint density at radius 1 is 0.789 bits per heavy atom. The number of hydrogen-bond donors (Lipinski definition) is 0. The van der Waals surface area contributed by atoms with E-state index in [2.05, 4.69) is 91.8 Å². The maximum Gasteiger partial charge on any atom is 0.164 e. The van der Waals surface area contributed by atoms with Crippen LogP contribution in [0.2, 0.25) is 0 Å². The first-order valence-corrected chi connectivity index (χ1v) is 16.1. The second-order valence-corrected chi connectivity index (χ2v) is 16.6. The lowest BCUT2D eigenvalue weighted by Crippen LogP contribution is -2.66. The highest BCUT2D eigenvalue weighted by Crippen LogP contribution is 2.77. The first-order valence-electron chi connectivity index (χ1n) is 16.1. The average Bonchev–Trinajstić information content (AvgIpc) is 3.21. The van der Waals surface area contributed by atoms with E-state index in [4.69, 9.17) is 0 Å². The Labute approximate surface area is 233 Å². The minimum Gasteiger partial charge on any atom is -0.294 e. The van der Waals surface area contributed by atoms with Crippen molar-refractivity contribution in [2.45, 2.75) is 113 Å². The average molecular weight is 515 g/mol. The SMILES string of the molecule is CC(C)C1CCC2(C)CCC3(C)C(CCC4C5(C)CC(=Cc6ccccc6)C(=O)C(C)(C)C5CCC43C)C12. The summed E-state index contributed by atoms with van der Waals surface area (Å²) in [6.45, 7) is 20.3. The van der Waals surface area contributed by atoms with Crippen molar-refractivity contribution in [3.63, 3.8) is 0 Å². The molecule has 1 aromatic carbocycles. The Balaban J connectivity index is 1.40. The molecule has 5 aliphatic carbocycles. The monoisotopic (exact) mass is 514 g/mol. The van der Waals surface area contributed by atoms with Crippen molar-refractivity contribution in [3.8, 4) is 0 Å². The summed E-state index contributed by atoms with van der Waals surface area (Å²) in [6, 6.07) is 10.6. The number of rotatable bonds is 2. The summed E-state index contributed by atoms with van der Waals surface area (Å²) in [5, 5.41) is 0. The van der Waals surface area contributed by atoms with Gasteiger partial charge in [-0.1, -0.05) is 85.7 Å². The quantitative estimate of drug-likeness (QED) is 0.359. The van der Waals surface area contributed by atoms with E-state index in [1.54, 1.807) is 0 Å². The van der Waals surface area contributed by atoms with Crippen LogP contribution in [0.25, 0.3) is 6.08 Å². The molecule has 1 aromatic rings. The lowest BCUT2D eigenvalue weighted by Gasteiger charge is -2.72. The zero-order valence-electron chi connectivity index (χ0n) is 25.7. The maximum atomic E-state index is 14.0. The van der Waals surface area contributed by atoms with Crippen LogP contribution in [0.4, 0.5) is 0 Å². The van der Waals surface area contributed by atoms with Gasteiger partial charge in [-0.15, -0.1) is 0 Å². The van der Waals surface area contributed by atoms with Gasteiger partial charge in [-0.05, 0) is 132 Å². The summed E-state index contributed by atoms with van der Waals surface area (Å²) in [5.41, 5.74) is 3.51. The Hall–Kier alpha value is -1.37. The predicted molar refractivity (Wildman–Crippen MR) is 159 cm³/mol. The second kappa shape index (κ2) is 8.57. The zero-order valence-corrected chi connectivity index (χ0v) is 25.7. The minimum atomic E-state index is -0.286. The fourth-order valence-electron chi connectivity index (χ4n) is 12.5. The highest BCUT2D eigenvalue weighted by atomic mass is 16.1.